The predicted molar refractivity (Wildman–Crippen MR) is 151 cm³/mol. The molecule has 2 aromatic rings. The third-order valence-electron chi connectivity index (χ3n) is 8.46. The highest BCUT2D eigenvalue weighted by atomic mass is 16.6. The van der Waals surface area contributed by atoms with Gasteiger partial charge in [-0.15, -0.1) is 5.43 Å². The number of rotatable bonds is 8. The number of piperidine rings is 1. The van der Waals surface area contributed by atoms with Gasteiger partial charge in [-0.3, -0.25) is 4.79 Å². The number of hydroxylamine groups is 2. The molecule has 0 spiro atoms. The van der Waals surface area contributed by atoms with Crippen molar-refractivity contribution in [3.8, 4) is 0 Å². The van der Waals surface area contributed by atoms with E-state index in [0.717, 1.165) is 44.1 Å². The zero-order valence-corrected chi connectivity index (χ0v) is 23.9. The molecule has 2 aromatic carbocycles. The number of hydrogen-bond donors (Lipinski definition) is 3. The molecule has 3 N–H and O–H groups in total. The van der Waals surface area contributed by atoms with Gasteiger partial charge in [0.15, 0.2) is 0 Å². The number of benzene rings is 2. The van der Waals surface area contributed by atoms with Crippen molar-refractivity contribution in [3.63, 3.8) is 0 Å². The van der Waals surface area contributed by atoms with E-state index in [0.29, 0.717) is 18.4 Å². The summed E-state index contributed by atoms with van der Waals surface area (Å²) in [6.07, 6.45) is 5.25. The molecule has 0 bridgehead atoms. The fourth-order valence-corrected chi connectivity index (χ4v) is 6.67. The number of nitrogens with one attached hydrogen (secondary N) is 2. The van der Waals surface area contributed by atoms with Crippen LogP contribution in [0.2, 0.25) is 0 Å². The summed E-state index contributed by atoms with van der Waals surface area (Å²) in [7, 11) is 0. The zero-order chi connectivity index (χ0) is 28.0. The molecule has 2 aliphatic rings. The first-order valence-corrected chi connectivity index (χ1v) is 14.5. The number of carbonyl (C=O) groups excluding carboxylic acids is 2. The van der Waals surface area contributed by atoms with Gasteiger partial charge in [-0.2, -0.15) is 5.21 Å². The summed E-state index contributed by atoms with van der Waals surface area (Å²) in [5.74, 6) is 0.587. The number of hydrogen-bond acceptors (Lipinski definition) is 4. The Labute approximate surface area is 233 Å². The summed E-state index contributed by atoms with van der Waals surface area (Å²) in [6.45, 7) is 8.44. The molecule has 1 unspecified atom stereocenters. The molecule has 0 radical (unpaired) electrons. The van der Waals surface area contributed by atoms with Crippen LogP contribution in [0.5, 0.6) is 0 Å². The molecule has 39 heavy (non-hydrogen) atoms. The second-order valence-corrected chi connectivity index (χ2v) is 12.6. The predicted octanol–water partition coefficient (Wildman–Crippen LogP) is 6.34. The number of amides is 2. The lowest BCUT2D eigenvalue weighted by molar-refractivity contribution is -1.15. The third kappa shape index (κ3) is 7.61. The molecule has 2 amide bonds. The van der Waals surface area contributed by atoms with Crippen LogP contribution >= 0.6 is 0 Å². The minimum atomic E-state index is -0.823. The highest BCUT2D eigenvalue weighted by molar-refractivity contribution is 5.82. The first-order chi connectivity index (χ1) is 18.6. The van der Waals surface area contributed by atoms with Crippen LogP contribution in [0.25, 0.3) is 0 Å². The van der Waals surface area contributed by atoms with Gasteiger partial charge < -0.3 is 10.1 Å². The number of quaternary nitrogens is 1. The average molecular weight is 537 g/mol. The third-order valence-corrected chi connectivity index (χ3v) is 8.46. The van der Waals surface area contributed by atoms with Crippen molar-refractivity contribution in [2.24, 2.45) is 17.8 Å². The fraction of sp³-hybridized carbons (Fsp3) is 0.562. The van der Waals surface area contributed by atoms with E-state index in [4.69, 9.17) is 4.74 Å². The van der Waals surface area contributed by atoms with Crippen molar-refractivity contribution >= 4 is 12.0 Å². The fourth-order valence-electron chi connectivity index (χ4n) is 6.67. The Morgan fingerprint density at radius 2 is 1.67 bits per heavy atom. The molecule has 1 aliphatic carbocycles. The van der Waals surface area contributed by atoms with Gasteiger partial charge in [0, 0.05) is 17.4 Å². The van der Waals surface area contributed by atoms with Crippen molar-refractivity contribution in [2.75, 3.05) is 6.54 Å². The van der Waals surface area contributed by atoms with Gasteiger partial charge >= 0.3 is 6.09 Å². The van der Waals surface area contributed by atoms with Crippen molar-refractivity contribution < 1.29 is 24.3 Å². The van der Waals surface area contributed by atoms with E-state index in [1.54, 1.807) is 0 Å². The highest BCUT2D eigenvalue weighted by Crippen LogP contribution is 2.46. The summed E-state index contributed by atoms with van der Waals surface area (Å²) < 4.78 is 4.68. The van der Waals surface area contributed by atoms with Crippen LogP contribution in [0.3, 0.4) is 0 Å². The minimum Gasteiger partial charge on any atom is -0.441 e. The lowest BCUT2D eigenvalue weighted by Crippen LogP contribution is -2.75. The Balaban J connectivity index is 1.59. The van der Waals surface area contributed by atoms with Crippen molar-refractivity contribution in [2.45, 2.75) is 90.3 Å². The maximum atomic E-state index is 13.9. The Morgan fingerprint density at radius 1 is 1.03 bits per heavy atom. The van der Waals surface area contributed by atoms with E-state index in [9.17, 15) is 14.8 Å². The van der Waals surface area contributed by atoms with Gasteiger partial charge in [0.05, 0.1) is 0 Å². The molecule has 6 atom stereocenters. The zero-order valence-electron chi connectivity index (χ0n) is 23.9. The van der Waals surface area contributed by atoms with Crippen LogP contribution in [0.1, 0.15) is 83.3 Å². The molecular weight excluding hydrogens is 490 g/mol. The molecular formula is C32H46N3O4+. The van der Waals surface area contributed by atoms with Gasteiger partial charge in [-0.1, -0.05) is 85.2 Å². The smallest absolute Gasteiger partial charge is 0.441 e. The molecule has 1 saturated heterocycles. The van der Waals surface area contributed by atoms with E-state index < -0.39 is 22.4 Å². The van der Waals surface area contributed by atoms with Crippen molar-refractivity contribution in [3.05, 3.63) is 71.8 Å². The summed E-state index contributed by atoms with van der Waals surface area (Å²) >= 11 is 0. The largest absolute Gasteiger partial charge is 0.455 e. The molecule has 2 fully saturated rings. The van der Waals surface area contributed by atoms with Gasteiger partial charge in [-0.05, 0) is 69.4 Å². The molecule has 1 aliphatic heterocycles. The first kappa shape index (κ1) is 29.1. The minimum absolute atomic E-state index is 0.0722. The quantitative estimate of drug-likeness (QED) is 0.344. The Morgan fingerprint density at radius 3 is 2.33 bits per heavy atom. The van der Waals surface area contributed by atoms with Gasteiger partial charge in [0.25, 0.3) is 5.91 Å². The molecule has 212 valence electrons. The van der Waals surface area contributed by atoms with Crippen LogP contribution in [-0.2, 0) is 16.1 Å². The highest BCUT2D eigenvalue weighted by Gasteiger charge is 2.59. The lowest BCUT2D eigenvalue weighted by atomic mass is 9.65. The van der Waals surface area contributed by atoms with E-state index >= 15 is 0 Å². The molecule has 7 heteroatoms. The maximum absolute atomic E-state index is 13.9. The van der Waals surface area contributed by atoms with Crippen LogP contribution in [0.4, 0.5) is 4.79 Å². The standard InChI is InChI=1S/C32H45N3O4/c1-23(25-15-9-6-10-16-25)19-20-28-27-18-12-11-17-26(27)21-35(38,29(28)30(36)33-32(2,3)4)34-31(37)39-22-24-13-7-5-8-14-24/h5-10,13-16,23,26-29,38H,11-12,17-22H2,1-4H3,(H-,33,34,36,37)/p+1/t23?,26-,27-,28+,29+,35-/m1/s1. The first-order valence-electron chi connectivity index (χ1n) is 14.5. The number of ether oxygens (including phenoxy) is 1. The van der Waals surface area contributed by atoms with E-state index in [1.807, 2.05) is 57.2 Å². The topological polar surface area (TPSA) is 87.7 Å². The SMILES string of the molecule is CC(CC[C@H]1[C@@H]2CCCC[C@@H]2C[N@+](O)(NC(=O)OCc2ccccc2)[C@@H]1C(=O)NC(C)(C)C)c1ccccc1. The normalized spacial score (nSPS) is 27.6. The molecule has 7 nitrogen and oxygen atoms in total. The second-order valence-electron chi connectivity index (χ2n) is 12.6. The van der Waals surface area contributed by atoms with Crippen molar-refractivity contribution in [1.82, 2.24) is 10.7 Å². The van der Waals surface area contributed by atoms with Gasteiger partial charge in [0.1, 0.15) is 13.2 Å². The van der Waals surface area contributed by atoms with E-state index in [1.165, 1.54) is 5.56 Å². The lowest BCUT2D eigenvalue weighted by Gasteiger charge is -2.51. The Hall–Kier alpha value is -2.90. The Kier molecular flexibility index (Phi) is 9.34. The molecule has 1 saturated carbocycles. The monoisotopic (exact) mass is 536 g/mol. The molecule has 4 rings (SSSR count). The second kappa shape index (κ2) is 12.5. The summed E-state index contributed by atoms with van der Waals surface area (Å²) in [5, 5.41) is 15.2. The summed E-state index contributed by atoms with van der Waals surface area (Å²) in [5.41, 5.74) is 4.40. The van der Waals surface area contributed by atoms with Gasteiger partial charge in [0.2, 0.25) is 6.04 Å². The summed E-state index contributed by atoms with van der Waals surface area (Å²) in [4.78, 5) is 26.9. The van der Waals surface area contributed by atoms with E-state index in [2.05, 4.69) is 41.9 Å². The maximum Gasteiger partial charge on any atom is 0.455 e. The number of carbonyl (C=O) groups is 2. The Bertz CT molecular complexity index is 1090. The number of fused-ring (bicyclic) bond motifs is 1. The van der Waals surface area contributed by atoms with Crippen LogP contribution in [0.15, 0.2) is 60.7 Å². The number of nitrogens with zero attached hydrogens (tertiary/aromatic N) is 1. The van der Waals surface area contributed by atoms with Gasteiger partial charge in [-0.25, -0.2) is 4.79 Å². The van der Waals surface area contributed by atoms with Crippen LogP contribution in [0, 0.1) is 17.8 Å². The average Bonchev–Trinajstić information content (AvgIpc) is 2.90. The molecule has 0 aromatic heterocycles. The molecule has 1 heterocycles. The summed E-state index contributed by atoms with van der Waals surface area (Å²) in [6, 6.07) is 19.1. The van der Waals surface area contributed by atoms with E-state index in [-0.39, 0.29) is 24.3 Å². The van der Waals surface area contributed by atoms with Crippen molar-refractivity contribution in [1.29, 1.82) is 0 Å². The van der Waals surface area contributed by atoms with Crippen LogP contribution < -0.4 is 10.7 Å². The van der Waals surface area contributed by atoms with Crippen LogP contribution in [-0.4, -0.2) is 40.1 Å².